The fraction of sp³-hybridized carbons (Fsp3) is 0.417. The molecule has 5 nitrogen and oxygen atoms in total. The van der Waals surface area contributed by atoms with Gasteiger partial charge in [0.05, 0.1) is 11.9 Å². The minimum atomic E-state index is 0.828. The molecule has 0 unspecified atom stereocenters. The van der Waals surface area contributed by atoms with E-state index in [-0.39, 0.29) is 0 Å². The second kappa shape index (κ2) is 4.53. The van der Waals surface area contributed by atoms with Gasteiger partial charge < -0.3 is 5.32 Å². The molecule has 90 valence electrons. The minimum Gasteiger partial charge on any atom is -0.371 e. The molecule has 0 aliphatic carbocycles. The summed E-state index contributed by atoms with van der Waals surface area (Å²) in [6.45, 7) is 7.03. The average Bonchev–Trinajstić information content (AvgIpc) is 2.81. The number of anilines is 1. The van der Waals surface area contributed by atoms with Crippen molar-refractivity contribution in [3.05, 3.63) is 23.5 Å². The lowest BCUT2D eigenvalue weighted by Crippen LogP contribution is -2.02. The lowest BCUT2D eigenvalue weighted by atomic mass is 10.1. The molecule has 0 saturated carbocycles. The highest BCUT2D eigenvalue weighted by molar-refractivity contribution is 5.65. The molecule has 2 aromatic rings. The van der Waals surface area contributed by atoms with E-state index in [2.05, 4.69) is 34.5 Å². The third kappa shape index (κ3) is 2.00. The molecule has 0 fully saturated rings. The van der Waals surface area contributed by atoms with Gasteiger partial charge in [-0.1, -0.05) is 0 Å². The van der Waals surface area contributed by atoms with Gasteiger partial charge in [-0.25, -0.2) is 0 Å². The Morgan fingerprint density at radius 3 is 2.59 bits per heavy atom. The summed E-state index contributed by atoms with van der Waals surface area (Å²) in [6.07, 6.45) is 3.83. The molecule has 2 heterocycles. The Kier molecular flexibility index (Phi) is 3.08. The molecule has 0 aliphatic heterocycles. The van der Waals surface area contributed by atoms with E-state index in [0.717, 1.165) is 34.7 Å². The summed E-state index contributed by atoms with van der Waals surface area (Å²) in [5, 5.41) is 15.7. The van der Waals surface area contributed by atoms with E-state index in [9.17, 15) is 0 Å². The topological polar surface area (TPSA) is 55.6 Å². The molecule has 0 aliphatic rings. The summed E-state index contributed by atoms with van der Waals surface area (Å²) < 4.78 is 1.89. The molecule has 0 atom stereocenters. The predicted molar refractivity (Wildman–Crippen MR) is 67.9 cm³/mol. The number of hydrogen-bond acceptors (Lipinski definition) is 4. The number of aryl methyl sites for hydroxylation is 1. The first-order valence-corrected chi connectivity index (χ1v) is 5.71. The molecule has 0 aromatic carbocycles. The molecular weight excluding hydrogens is 214 g/mol. The average molecular weight is 231 g/mol. The Bertz CT molecular complexity index is 530. The van der Waals surface area contributed by atoms with Crippen molar-refractivity contribution in [3.8, 4) is 11.3 Å². The van der Waals surface area contributed by atoms with Crippen LogP contribution in [0.5, 0.6) is 0 Å². The molecule has 17 heavy (non-hydrogen) atoms. The van der Waals surface area contributed by atoms with Crippen molar-refractivity contribution in [2.75, 3.05) is 12.4 Å². The zero-order valence-electron chi connectivity index (χ0n) is 10.7. The molecule has 5 heteroatoms. The van der Waals surface area contributed by atoms with Gasteiger partial charge in [0.25, 0.3) is 0 Å². The second-order valence-corrected chi connectivity index (χ2v) is 3.98. The van der Waals surface area contributed by atoms with Crippen LogP contribution in [0.2, 0.25) is 0 Å². The van der Waals surface area contributed by atoms with E-state index in [0.29, 0.717) is 0 Å². The maximum absolute atomic E-state index is 4.26. The Hall–Kier alpha value is -1.91. The molecule has 2 aromatic heterocycles. The fourth-order valence-electron chi connectivity index (χ4n) is 1.78. The van der Waals surface area contributed by atoms with Crippen LogP contribution in [0.15, 0.2) is 12.4 Å². The third-order valence-electron chi connectivity index (χ3n) is 2.99. The summed E-state index contributed by atoms with van der Waals surface area (Å²) in [5.41, 5.74) is 4.19. The lowest BCUT2D eigenvalue weighted by Gasteiger charge is -2.09. The highest BCUT2D eigenvalue weighted by atomic mass is 15.3. The van der Waals surface area contributed by atoms with E-state index in [4.69, 9.17) is 0 Å². The van der Waals surface area contributed by atoms with Gasteiger partial charge >= 0.3 is 0 Å². The van der Waals surface area contributed by atoms with Crippen molar-refractivity contribution in [1.82, 2.24) is 20.0 Å². The standard InChI is InChI=1S/C12H17N5/c1-5-17-7-10(6-14-17)11-8(2)9(3)12(13-4)16-15-11/h6-7H,5H2,1-4H3,(H,13,16). The van der Waals surface area contributed by atoms with Crippen LogP contribution in [0, 0.1) is 13.8 Å². The van der Waals surface area contributed by atoms with Gasteiger partial charge in [-0.2, -0.15) is 5.10 Å². The van der Waals surface area contributed by atoms with Crippen molar-refractivity contribution in [3.63, 3.8) is 0 Å². The number of nitrogens with one attached hydrogen (secondary N) is 1. The zero-order valence-corrected chi connectivity index (χ0v) is 10.7. The van der Waals surface area contributed by atoms with Crippen LogP contribution in [0.25, 0.3) is 11.3 Å². The van der Waals surface area contributed by atoms with Crippen LogP contribution in [0.3, 0.4) is 0 Å². The SMILES string of the molecule is CCn1cc(-c2nnc(NC)c(C)c2C)cn1. The lowest BCUT2D eigenvalue weighted by molar-refractivity contribution is 0.660. The Morgan fingerprint density at radius 2 is 2.00 bits per heavy atom. The quantitative estimate of drug-likeness (QED) is 0.878. The first kappa shape index (κ1) is 11.6. The van der Waals surface area contributed by atoms with Crippen LogP contribution < -0.4 is 5.32 Å². The van der Waals surface area contributed by atoms with Gasteiger partial charge in [0.2, 0.25) is 0 Å². The van der Waals surface area contributed by atoms with E-state index < -0.39 is 0 Å². The van der Waals surface area contributed by atoms with Crippen molar-refractivity contribution in [2.45, 2.75) is 27.3 Å². The highest BCUT2D eigenvalue weighted by Gasteiger charge is 2.11. The molecular formula is C12H17N5. The Labute approximate surface area is 101 Å². The molecule has 0 radical (unpaired) electrons. The second-order valence-electron chi connectivity index (χ2n) is 3.98. The highest BCUT2D eigenvalue weighted by Crippen LogP contribution is 2.25. The van der Waals surface area contributed by atoms with Crippen LogP contribution in [-0.4, -0.2) is 27.0 Å². The van der Waals surface area contributed by atoms with E-state index in [1.807, 2.05) is 31.0 Å². The van der Waals surface area contributed by atoms with Crippen LogP contribution in [0.4, 0.5) is 5.82 Å². The first-order chi connectivity index (χ1) is 8.17. The molecule has 2 rings (SSSR count). The fourth-order valence-corrected chi connectivity index (χ4v) is 1.78. The maximum atomic E-state index is 4.26. The Balaban J connectivity index is 2.49. The zero-order chi connectivity index (χ0) is 12.4. The van der Waals surface area contributed by atoms with Crippen molar-refractivity contribution in [1.29, 1.82) is 0 Å². The largest absolute Gasteiger partial charge is 0.371 e. The summed E-state index contributed by atoms with van der Waals surface area (Å²) in [5.74, 6) is 0.828. The molecule has 0 amide bonds. The van der Waals surface area contributed by atoms with Gasteiger partial charge in [-0.15, -0.1) is 10.2 Å². The van der Waals surface area contributed by atoms with Crippen molar-refractivity contribution >= 4 is 5.82 Å². The minimum absolute atomic E-state index is 0.828. The number of hydrogen-bond donors (Lipinski definition) is 1. The number of rotatable bonds is 3. The van der Waals surface area contributed by atoms with E-state index >= 15 is 0 Å². The number of aromatic nitrogens is 4. The molecule has 0 saturated heterocycles. The monoisotopic (exact) mass is 231 g/mol. The third-order valence-corrected chi connectivity index (χ3v) is 2.99. The van der Waals surface area contributed by atoms with Crippen molar-refractivity contribution < 1.29 is 0 Å². The van der Waals surface area contributed by atoms with Crippen LogP contribution in [0.1, 0.15) is 18.1 Å². The Morgan fingerprint density at radius 1 is 1.24 bits per heavy atom. The normalized spacial score (nSPS) is 10.6. The van der Waals surface area contributed by atoms with E-state index in [1.54, 1.807) is 0 Å². The smallest absolute Gasteiger partial charge is 0.151 e. The summed E-state index contributed by atoms with van der Waals surface area (Å²) >= 11 is 0. The predicted octanol–water partition coefficient (Wildman–Crippen LogP) is 2.02. The van der Waals surface area contributed by atoms with Gasteiger partial charge in [0, 0.05) is 25.4 Å². The molecule has 1 N–H and O–H groups in total. The summed E-state index contributed by atoms with van der Waals surface area (Å²) in [7, 11) is 1.85. The summed E-state index contributed by atoms with van der Waals surface area (Å²) in [4.78, 5) is 0. The van der Waals surface area contributed by atoms with Gasteiger partial charge in [0.15, 0.2) is 5.82 Å². The van der Waals surface area contributed by atoms with Gasteiger partial charge in [-0.3, -0.25) is 4.68 Å². The number of nitrogens with zero attached hydrogens (tertiary/aromatic N) is 4. The van der Waals surface area contributed by atoms with E-state index in [1.165, 1.54) is 0 Å². The van der Waals surface area contributed by atoms with Crippen LogP contribution >= 0.6 is 0 Å². The van der Waals surface area contributed by atoms with Crippen LogP contribution in [-0.2, 0) is 6.54 Å². The van der Waals surface area contributed by atoms with Crippen molar-refractivity contribution in [2.24, 2.45) is 0 Å². The molecule has 0 spiro atoms. The van der Waals surface area contributed by atoms with Gasteiger partial charge in [0.1, 0.15) is 0 Å². The summed E-state index contributed by atoms with van der Waals surface area (Å²) in [6, 6.07) is 0. The maximum Gasteiger partial charge on any atom is 0.151 e. The molecule has 0 bridgehead atoms. The first-order valence-electron chi connectivity index (χ1n) is 5.71. The van der Waals surface area contributed by atoms with Gasteiger partial charge in [-0.05, 0) is 31.9 Å².